The number of hydrogen-bond donors (Lipinski definition) is 1. The van der Waals surface area contributed by atoms with Crippen LogP contribution in [-0.2, 0) is 7.05 Å². The van der Waals surface area contributed by atoms with Gasteiger partial charge in [-0.15, -0.1) is 16.4 Å². The topological polar surface area (TPSA) is 98.7 Å². The quantitative estimate of drug-likeness (QED) is 0.620. The standard InChI is InChI=1S/C14H10N6O2S/c1-20-10(4-5-16-20)13-18-19-14(22-13)17-12(21)8-2-3-9-11(6-8)23-7-15-9/h2-7H,1H3,(H,17,19,21). The van der Waals surface area contributed by atoms with E-state index < -0.39 is 0 Å². The van der Waals surface area contributed by atoms with Gasteiger partial charge in [0.1, 0.15) is 5.69 Å². The molecule has 0 unspecified atom stereocenters. The third-order valence-corrected chi connectivity index (χ3v) is 4.07. The van der Waals surface area contributed by atoms with Crippen molar-refractivity contribution in [2.75, 3.05) is 5.32 Å². The number of benzene rings is 1. The van der Waals surface area contributed by atoms with Crippen molar-refractivity contribution in [2.24, 2.45) is 7.05 Å². The summed E-state index contributed by atoms with van der Waals surface area (Å²) in [6.07, 6.45) is 1.63. The van der Waals surface area contributed by atoms with Crippen LogP contribution in [0.4, 0.5) is 6.01 Å². The number of carbonyl (C=O) groups is 1. The molecule has 0 saturated carbocycles. The van der Waals surface area contributed by atoms with Crippen LogP contribution in [0.2, 0.25) is 0 Å². The van der Waals surface area contributed by atoms with Crippen LogP contribution in [-0.4, -0.2) is 30.9 Å². The van der Waals surface area contributed by atoms with E-state index in [2.05, 4.69) is 25.6 Å². The molecule has 0 aliphatic rings. The second-order valence-electron chi connectivity index (χ2n) is 4.74. The Kier molecular flexibility index (Phi) is 3.12. The molecule has 0 radical (unpaired) electrons. The van der Waals surface area contributed by atoms with Crippen molar-refractivity contribution in [2.45, 2.75) is 0 Å². The molecule has 1 amide bonds. The third-order valence-electron chi connectivity index (χ3n) is 3.28. The molecule has 0 fully saturated rings. The summed E-state index contributed by atoms with van der Waals surface area (Å²) in [5.41, 5.74) is 3.78. The van der Waals surface area contributed by atoms with Gasteiger partial charge in [-0.3, -0.25) is 14.8 Å². The fourth-order valence-corrected chi connectivity index (χ4v) is 2.84. The van der Waals surface area contributed by atoms with Crippen molar-refractivity contribution in [3.05, 3.63) is 41.5 Å². The first-order valence-corrected chi connectivity index (χ1v) is 7.55. The molecular weight excluding hydrogens is 316 g/mol. The van der Waals surface area contributed by atoms with Crippen molar-refractivity contribution >= 4 is 33.5 Å². The average Bonchev–Trinajstić information content (AvgIpc) is 3.26. The van der Waals surface area contributed by atoms with Gasteiger partial charge >= 0.3 is 6.01 Å². The van der Waals surface area contributed by atoms with Gasteiger partial charge in [-0.25, -0.2) is 4.98 Å². The lowest BCUT2D eigenvalue weighted by Crippen LogP contribution is -2.11. The zero-order chi connectivity index (χ0) is 15.8. The zero-order valence-electron chi connectivity index (χ0n) is 11.9. The number of carbonyl (C=O) groups excluding carboxylic acids is 1. The monoisotopic (exact) mass is 326 g/mol. The van der Waals surface area contributed by atoms with Crippen molar-refractivity contribution in [1.82, 2.24) is 25.0 Å². The number of nitrogens with one attached hydrogen (secondary N) is 1. The van der Waals surface area contributed by atoms with E-state index in [1.54, 1.807) is 47.7 Å². The van der Waals surface area contributed by atoms with Gasteiger partial charge in [-0.05, 0) is 24.3 Å². The molecule has 3 aromatic heterocycles. The summed E-state index contributed by atoms with van der Waals surface area (Å²) < 4.78 is 8.00. The molecule has 4 aromatic rings. The number of rotatable bonds is 3. The van der Waals surface area contributed by atoms with E-state index in [0.29, 0.717) is 17.1 Å². The number of nitrogens with zero attached hydrogens (tertiary/aromatic N) is 5. The van der Waals surface area contributed by atoms with E-state index in [1.807, 2.05) is 0 Å². The fraction of sp³-hybridized carbons (Fsp3) is 0.0714. The number of thiazole rings is 1. The highest BCUT2D eigenvalue weighted by molar-refractivity contribution is 7.16. The van der Waals surface area contributed by atoms with Gasteiger partial charge in [0.15, 0.2) is 0 Å². The predicted octanol–water partition coefficient (Wildman–Crippen LogP) is 2.33. The normalized spacial score (nSPS) is 11.0. The molecule has 0 spiro atoms. The summed E-state index contributed by atoms with van der Waals surface area (Å²) in [7, 11) is 1.77. The van der Waals surface area contributed by atoms with Gasteiger partial charge in [0.25, 0.3) is 11.8 Å². The van der Waals surface area contributed by atoms with Crippen molar-refractivity contribution in [3.8, 4) is 11.6 Å². The van der Waals surface area contributed by atoms with E-state index in [1.165, 1.54) is 11.3 Å². The minimum absolute atomic E-state index is 0.0376. The number of amides is 1. The maximum atomic E-state index is 12.3. The van der Waals surface area contributed by atoms with Gasteiger partial charge in [-0.2, -0.15) is 5.10 Å². The molecule has 3 heterocycles. The molecule has 0 bridgehead atoms. The first-order valence-electron chi connectivity index (χ1n) is 6.67. The highest BCUT2D eigenvalue weighted by Crippen LogP contribution is 2.21. The Labute approximate surface area is 133 Å². The average molecular weight is 326 g/mol. The Morgan fingerprint density at radius 3 is 3.04 bits per heavy atom. The largest absolute Gasteiger partial charge is 0.401 e. The van der Waals surface area contributed by atoms with Gasteiger partial charge in [0.05, 0.1) is 15.7 Å². The minimum Gasteiger partial charge on any atom is -0.401 e. The molecule has 114 valence electrons. The van der Waals surface area contributed by atoms with Crippen LogP contribution in [0, 0.1) is 0 Å². The third kappa shape index (κ3) is 2.46. The predicted molar refractivity (Wildman–Crippen MR) is 84.1 cm³/mol. The van der Waals surface area contributed by atoms with Crippen molar-refractivity contribution in [3.63, 3.8) is 0 Å². The first kappa shape index (κ1) is 13.6. The summed E-state index contributed by atoms with van der Waals surface area (Å²) in [6.45, 7) is 0. The van der Waals surface area contributed by atoms with E-state index in [-0.39, 0.29) is 11.9 Å². The van der Waals surface area contributed by atoms with E-state index in [4.69, 9.17) is 4.42 Å². The second kappa shape index (κ2) is 5.29. The van der Waals surface area contributed by atoms with Gasteiger partial charge in [0, 0.05) is 18.8 Å². The highest BCUT2D eigenvalue weighted by Gasteiger charge is 2.15. The Morgan fingerprint density at radius 2 is 2.22 bits per heavy atom. The molecule has 0 saturated heterocycles. The SMILES string of the molecule is Cn1nccc1-c1nnc(NC(=O)c2ccc3ncsc3c2)o1. The van der Waals surface area contributed by atoms with Crippen LogP contribution in [0.15, 0.2) is 40.4 Å². The van der Waals surface area contributed by atoms with Gasteiger partial charge in [0.2, 0.25) is 0 Å². The van der Waals surface area contributed by atoms with Crippen molar-refractivity contribution in [1.29, 1.82) is 0 Å². The van der Waals surface area contributed by atoms with Crippen molar-refractivity contribution < 1.29 is 9.21 Å². The smallest absolute Gasteiger partial charge is 0.322 e. The summed E-state index contributed by atoms with van der Waals surface area (Å²) in [4.78, 5) is 16.5. The van der Waals surface area contributed by atoms with E-state index >= 15 is 0 Å². The molecule has 9 heteroatoms. The number of aromatic nitrogens is 5. The summed E-state index contributed by atoms with van der Waals surface area (Å²) in [6, 6.07) is 7.07. The Hall–Kier alpha value is -3.07. The van der Waals surface area contributed by atoms with E-state index in [0.717, 1.165) is 10.2 Å². The lowest BCUT2D eigenvalue weighted by molar-refractivity contribution is 0.102. The van der Waals surface area contributed by atoms with Crippen LogP contribution in [0.1, 0.15) is 10.4 Å². The van der Waals surface area contributed by atoms with Crippen LogP contribution in [0.25, 0.3) is 21.8 Å². The molecule has 1 N–H and O–H groups in total. The molecule has 1 aromatic carbocycles. The molecule has 0 atom stereocenters. The lowest BCUT2D eigenvalue weighted by Gasteiger charge is -2.00. The highest BCUT2D eigenvalue weighted by atomic mass is 32.1. The number of anilines is 1. The van der Waals surface area contributed by atoms with E-state index in [9.17, 15) is 4.79 Å². The number of fused-ring (bicyclic) bond motifs is 1. The number of hydrogen-bond acceptors (Lipinski definition) is 7. The first-order chi connectivity index (χ1) is 11.2. The van der Waals surface area contributed by atoms with Crippen LogP contribution in [0.3, 0.4) is 0 Å². The Morgan fingerprint density at radius 1 is 1.30 bits per heavy atom. The lowest BCUT2D eigenvalue weighted by atomic mass is 10.2. The number of aryl methyl sites for hydroxylation is 1. The maximum Gasteiger partial charge on any atom is 0.322 e. The second-order valence-corrected chi connectivity index (χ2v) is 5.63. The van der Waals surface area contributed by atoms with Crippen LogP contribution < -0.4 is 5.32 Å². The molecule has 23 heavy (non-hydrogen) atoms. The summed E-state index contributed by atoms with van der Waals surface area (Å²) in [5, 5.41) is 14.4. The molecule has 0 aliphatic heterocycles. The summed E-state index contributed by atoms with van der Waals surface area (Å²) >= 11 is 1.48. The molecular formula is C14H10N6O2S. The van der Waals surface area contributed by atoms with Crippen LogP contribution in [0.5, 0.6) is 0 Å². The maximum absolute atomic E-state index is 12.3. The van der Waals surface area contributed by atoms with Gasteiger partial charge < -0.3 is 4.42 Å². The zero-order valence-corrected chi connectivity index (χ0v) is 12.7. The molecule has 8 nitrogen and oxygen atoms in total. The van der Waals surface area contributed by atoms with Gasteiger partial charge in [-0.1, -0.05) is 5.10 Å². The Balaban J connectivity index is 1.57. The molecule has 4 rings (SSSR count). The van der Waals surface area contributed by atoms with Crippen LogP contribution >= 0.6 is 11.3 Å². The molecule has 0 aliphatic carbocycles. The summed E-state index contributed by atoms with van der Waals surface area (Å²) in [5.74, 6) is -0.0290. The fourth-order valence-electron chi connectivity index (χ4n) is 2.13. The Bertz CT molecular complexity index is 1000. The minimum atomic E-state index is -0.319.